The van der Waals surface area contributed by atoms with Crippen molar-refractivity contribution in [2.45, 2.75) is 38.9 Å². The lowest BCUT2D eigenvalue weighted by atomic mass is 9.82. The van der Waals surface area contributed by atoms with E-state index in [9.17, 15) is 19.8 Å². The first kappa shape index (κ1) is 20.0. The zero-order valence-electron chi connectivity index (χ0n) is 16.6. The van der Waals surface area contributed by atoms with Gasteiger partial charge in [0.05, 0.1) is 22.3 Å². The summed E-state index contributed by atoms with van der Waals surface area (Å²) in [6, 6.07) is 10.2. The van der Waals surface area contributed by atoms with E-state index in [0.717, 1.165) is 0 Å². The van der Waals surface area contributed by atoms with Crippen molar-refractivity contribution in [2.24, 2.45) is 0 Å². The monoisotopic (exact) mass is 382 g/mol. The number of nitrogens with one attached hydrogen (secondary N) is 2. The fraction of sp³-hybridized carbons (Fsp3) is 0.364. The Morgan fingerprint density at radius 1 is 0.714 bits per heavy atom. The molecule has 0 radical (unpaired) electrons. The molecule has 6 heteroatoms. The topological polar surface area (TPSA) is 98.7 Å². The summed E-state index contributed by atoms with van der Waals surface area (Å²) >= 11 is 0. The minimum Gasteiger partial charge on any atom is -0.389 e. The Labute approximate surface area is 164 Å². The van der Waals surface area contributed by atoms with Crippen LogP contribution in [0.5, 0.6) is 0 Å². The van der Waals surface area contributed by atoms with Crippen molar-refractivity contribution in [3.05, 3.63) is 58.7 Å². The van der Waals surface area contributed by atoms with E-state index in [0.29, 0.717) is 22.5 Å². The van der Waals surface area contributed by atoms with Gasteiger partial charge in [-0.3, -0.25) is 9.59 Å². The third-order valence-electron chi connectivity index (χ3n) is 4.50. The molecule has 0 saturated carbocycles. The van der Waals surface area contributed by atoms with E-state index in [2.05, 4.69) is 10.6 Å². The number of ketones is 2. The molecular formula is C22H26N2O4. The molecule has 0 fully saturated rings. The fourth-order valence-corrected chi connectivity index (χ4v) is 3.14. The van der Waals surface area contributed by atoms with Gasteiger partial charge in [-0.2, -0.15) is 0 Å². The van der Waals surface area contributed by atoms with Crippen LogP contribution in [0.4, 0.5) is 11.4 Å². The molecule has 1 aliphatic carbocycles. The zero-order chi connectivity index (χ0) is 20.7. The van der Waals surface area contributed by atoms with Gasteiger partial charge in [-0.05, 0) is 39.8 Å². The molecule has 0 unspecified atom stereocenters. The summed E-state index contributed by atoms with van der Waals surface area (Å²) in [5, 5.41) is 26.3. The van der Waals surface area contributed by atoms with E-state index in [-0.39, 0.29) is 35.8 Å². The van der Waals surface area contributed by atoms with Crippen molar-refractivity contribution < 1.29 is 19.8 Å². The van der Waals surface area contributed by atoms with Crippen LogP contribution in [-0.4, -0.2) is 46.1 Å². The van der Waals surface area contributed by atoms with Crippen LogP contribution in [-0.2, 0) is 0 Å². The summed E-state index contributed by atoms with van der Waals surface area (Å²) in [5.74, 6) is -0.481. The summed E-state index contributed by atoms with van der Waals surface area (Å²) < 4.78 is 0. The average molecular weight is 382 g/mol. The Morgan fingerprint density at radius 2 is 1.07 bits per heavy atom. The van der Waals surface area contributed by atoms with Gasteiger partial charge in [-0.1, -0.05) is 24.3 Å². The number of hydrogen-bond donors (Lipinski definition) is 4. The van der Waals surface area contributed by atoms with Gasteiger partial charge < -0.3 is 20.8 Å². The quantitative estimate of drug-likeness (QED) is 0.523. The third kappa shape index (κ3) is 4.08. The first-order valence-corrected chi connectivity index (χ1v) is 9.26. The van der Waals surface area contributed by atoms with Gasteiger partial charge in [0.2, 0.25) is 0 Å². The van der Waals surface area contributed by atoms with Crippen LogP contribution in [0.3, 0.4) is 0 Å². The van der Waals surface area contributed by atoms with Crippen molar-refractivity contribution in [1.82, 2.24) is 0 Å². The largest absolute Gasteiger partial charge is 0.389 e. The number of rotatable bonds is 6. The molecule has 0 aromatic heterocycles. The Bertz CT molecular complexity index is 861. The molecule has 4 N–H and O–H groups in total. The van der Waals surface area contributed by atoms with E-state index in [4.69, 9.17) is 0 Å². The first-order valence-electron chi connectivity index (χ1n) is 9.26. The van der Waals surface area contributed by atoms with Crippen molar-refractivity contribution in [1.29, 1.82) is 0 Å². The maximum atomic E-state index is 13.2. The molecule has 2 aromatic rings. The molecule has 0 heterocycles. The summed E-state index contributed by atoms with van der Waals surface area (Å²) in [4.78, 5) is 26.4. The van der Waals surface area contributed by atoms with Crippen molar-refractivity contribution in [3.63, 3.8) is 0 Å². The molecule has 1 aliphatic rings. The number of hydrogen-bond acceptors (Lipinski definition) is 6. The minimum absolute atomic E-state index is 0.221. The van der Waals surface area contributed by atoms with Crippen LogP contribution in [0.1, 0.15) is 59.5 Å². The lowest BCUT2D eigenvalue weighted by Crippen LogP contribution is -2.32. The molecule has 6 nitrogen and oxygen atoms in total. The van der Waals surface area contributed by atoms with Crippen molar-refractivity contribution >= 4 is 22.9 Å². The number of aliphatic hydroxyl groups is 2. The van der Waals surface area contributed by atoms with Gasteiger partial charge >= 0.3 is 0 Å². The number of carbonyl (C=O) groups excluding carboxylic acids is 2. The van der Waals surface area contributed by atoms with Crippen LogP contribution in [0.15, 0.2) is 36.4 Å². The molecule has 0 atom stereocenters. The molecule has 0 spiro atoms. The fourth-order valence-electron chi connectivity index (χ4n) is 3.14. The van der Waals surface area contributed by atoms with Gasteiger partial charge in [0.1, 0.15) is 0 Å². The van der Waals surface area contributed by atoms with Crippen LogP contribution in [0, 0.1) is 0 Å². The maximum absolute atomic E-state index is 13.2. The summed E-state index contributed by atoms with van der Waals surface area (Å²) in [7, 11) is 0. The highest BCUT2D eigenvalue weighted by atomic mass is 16.3. The lowest BCUT2D eigenvalue weighted by Gasteiger charge is -2.27. The molecule has 3 rings (SSSR count). The second-order valence-electron chi connectivity index (χ2n) is 8.45. The summed E-state index contributed by atoms with van der Waals surface area (Å²) in [5.41, 5.74) is 0.339. The Balaban J connectivity index is 2.12. The second-order valence-corrected chi connectivity index (χ2v) is 8.45. The molecule has 0 aliphatic heterocycles. The summed E-state index contributed by atoms with van der Waals surface area (Å²) in [6.45, 7) is 7.09. The normalized spacial score (nSPS) is 13.8. The van der Waals surface area contributed by atoms with Gasteiger partial charge in [0.25, 0.3) is 0 Å². The molecule has 148 valence electrons. The predicted octanol–water partition coefficient (Wildman–Crippen LogP) is 2.83. The smallest absolute Gasteiger partial charge is 0.196 e. The highest BCUT2D eigenvalue weighted by Gasteiger charge is 2.34. The van der Waals surface area contributed by atoms with E-state index in [1.807, 2.05) is 0 Å². The first-order chi connectivity index (χ1) is 13.0. The summed E-state index contributed by atoms with van der Waals surface area (Å²) in [6.07, 6.45) is 0. The molecule has 0 saturated heterocycles. The van der Waals surface area contributed by atoms with Crippen LogP contribution in [0.25, 0.3) is 0 Å². The highest BCUT2D eigenvalue weighted by molar-refractivity contribution is 6.31. The number of carbonyl (C=O) groups is 2. The third-order valence-corrected chi connectivity index (χ3v) is 4.50. The van der Waals surface area contributed by atoms with Crippen molar-refractivity contribution in [3.8, 4) is 0 Å². The lowest BCUT2D eigenvalue weighted by molar-refractivity contribution is 0.0934. The molecule has 0 amide bonds. The van der Waals surface area contributed by atoms with E-state index in [1.54, 1.807) is 64.1 Å². The molecule has 28 heavy (non-hydrogen) atoms. The average Bonchev–Trinajstić information content (AvgIpc) is 2.61. The Kier molecular flexibility index (Phi) is 5.04. The molecular weight excluding hydrogens is 356 g/mol. The number of benzene rings is 2. The van der Waals surface area contributed by atoms with Gasteiger partial charge in [-0.25, -0.2) is 0 Å². The Hall–Kier alpha value is -2.70. The zero-order valence-corrected chi connectivity index (χ0v) is 16.6. The van der Waals surface area contributed by atoms with E-state index >= 15 is 0 Å². The SMILES string of the molecule is CC(C)(O)CNc1ccc(NCC(C)(C)O)c2c1C(=O)c1ccccc1C2=O. The van der Waals surface area contributed by atoms with Gasteiger partial charge in [0.15, 0.2) is 11.6 Å². The van der Waals surface area contributed by atoms with Gasteiger partial charge in [0, 0.05) is 35.6 Å². The Morgan fingerprint density at radius 3 is 1.39 bits per heavy atom. The molecule has 2 aromatic carbocycles. The van der Waals surface area contributed by atoms with Crippen LogP contribution >= 0.6 is 0 Å². The molecule has 0 bridgehead atoms. The second kappa shape index (κ2) is 7.04. The standard InChI is InChI=1S/C22H26N2O4/c1-21(2,27)11-23-15-9-10-16(24-12-22(3,4)28)18-17(15)19(25)13-7-5-6-8-14(13)20(18)26/h5-10,23-24,27-28H,11-12H2,1-4H3. The van der Waals surface area contributed by atoms with Crippen LogP contribution < -0.4 is 10.6 Å². The number of fused-ring (bicyclic) bond motifs is 2. The van der Waals surface area contributed by atoms with E-state index in [1.165, 1.54) is 0 Å². The van der Waals surface area contributed by atoms with Gasteiger partial charge in [-0.15, -0.1) is 0 Å². The maximum Gasteiger partial charge on any atom is 0.196 e. The van der Waals surface area contributed by atoms with E-state index < -0.39 is 11.2 Å². The highest BCUT2D eigenvalue weighted by Crippen LogP contribution is 2.36. The number of anilines is 2. The minimum atomic E-state index is -0.982. The predicted molar refractivity (Wildman–Crippen MR) is 109 cm³/mol. The van der Waals surface area contributed by atoms with Crippen molar-refractivity contribution in [2.75, 3.05) is 23.7 Å². The van der Waals surface area contributed by atoms with Crippen LogP contribution in [0.2, 0.25) is 0 Å².